The smallest absolute Gasteiger partial charge is 0.335 e. The maximum Gasteiger partial charge on any atom is 0.335 e. The third kappa shape index (κ3) is 4.98. The molecule has 9 nitrogen and oxygen atoms in total. The average molecular weight is 475 g/mol. The van der Waals surface area contributed by atoms with Gasteiger partial charge in [0.2, 0.25) is 5.91 Å². The van der Waals surface area contributed by atoms with E-state index in [4.69, 9.17) is 4.74 Å². The Balaban J connectivity index is 1.63. The quantitative estimate of drug-likeness (QED) is 0.309. The number of aryl methyl sites for hydroxylation is 1. The normalized spacial score (nSPS) is 17.3. The number of aromatic amines is 1. The molecule has 35 heavy (non-hydrogen) atoms. The molecule has 1 saturated heterocycles. The van der Waals surface area contributed by atoms with Crippen LogP contribution in [0.1, 0.15) is 25.0 Å². The maximum absolute atomic E-state index is 13.2. The molecule has 4 rings (SSSR count). The Bertz CT molecular complexity index is 1330. The summed E-state index contributed by atoms with van der Waals surface area (Å²) < 4.78 is 5.38. The number of aromatic nitrogens is 1. The fraction of sp³-hybridized carbons (Fsp3) is 0.269. The lowest BCUT2D eigenvalue weighted by Crippen LogP contribution is -2.59. The van der Waals surface area contributed by atoms with Crippen molar-refractivity contribution in [3.63, 3.8) is 0 Å². The molecule has 1 aliphatic rings. The molecular formula is C26H26N4O5. The molecule has 2 heterocycles. The van der Waals surface area contributed by atoms with E-state index in [-0.39, 0.29) is 12.5 Å². The highest BCUT2D eigenvalue weighted by Crippen LogP contribution is 2.24. The topological polar surface area (TPSA) is 121 Å². The minimum atomic E-state index is -1.37. The molecule has 0 unspecified atom stereocenters. The number of amides is 4. The number of nitrogens with one attached hydrogen (secondary N) is 2. The van der Waals surface area contributed by atoms with Crippen molar-refractivity contribution in [1.82, 2.24) is 10.3 Å². The Kier molecular flexibility index (Phi) is 6.77. The Hall–Kier alpha value is -4.27. The van der Waals surface area contributed by atoms with E-state index in [1.165, 1.54) is 0 Å². The third-order valence-electron chi connectivity index (χ3n) is 5.69. The number of anilines is 1. The number of imide groups is 2. The molecule has 9 heteroatoms. The van der Waals surface area contributed by atoms with E-state index in [2.05, 4.69) is 15.3 Å². The standard InChI is InChI=1S/C26H26N4O5/c1-15(2)35-25(33)21(12-17-13-27-20-10-6-5-9-18(17)20)28-14-19-23(31)29-26(34)30(24(19)32)22-11-7-4-8-16(22)3/h4-11,13-15,19,21,27H,12H2,1-3H3,(H,29,31,34)/t19-,21+/m0/s1. The van der Waals surface area contributed by atoms with E-state index in [0.29, 0.717) is 11.3 Å². The summed E-state index contributed by atoms with van der Waals surface area (Å²) in [5, 5.41) is 3.14. The summed E-state index contributed by atoms with van der Waals surface area (Å²) in [5.41, 5.74) is 2.82. The van der Waals surface area contributed by atoms with Crippen molar-refractivity contribution in [2.75, 3.05) is 4.90 Å². The maximum atomic E-state index is 13.2. The van der Waals surface area contributed by atoms with Crippen LogP contribution < -0.4 is 10.2 Å². The molecule has 2 atom stereocenters. The molecule has 2 aromatic carbocycles. The molecule has 1 fully saturated rings. The molecule has 1 aromatic heterocycles. The SMILES string of the molecule is Cc1ccccc1N1C(=O)NC(=O)[C@H](C=N[C@H](Cc2c[nH]c3ccccc23)C(=O)OC(C)C)C1=O. The zero-order valence-corrected chi connectivity index (χ0v) is 19.6. The summed E-state index contributed by atoms with van der Waals surface area (Å²) >= 11 is 0. The largest absolute Gasteiger partial charge is 0.461 e. The first-order valence-corrected chi connectivity index (χ1v) is 11.3. The predicted octanol–water partition coefficient (Wildman–Crippen LogP) is 3.31. The van der Waals surface area contributed by atoms with E-state index < -0.39 is 35.8 Å². The number of urea groups is 1. The zero-order chi connectivity index (χ0) is 25.1. The van der Waals surface area contributed by atoms with Gasteiger partial charge >= 0.3 is 12.0 Å². The van der Waals surface area contributed by atoms with E-state index in [0.717, 1.165) is 27.6 Å². The number of carbonyl (C=O) groups excluding carboxylic acids is 4. The highest BCUT2D eigenvalue weighted by Gasteiger charge is 2.41. The van der Waals surface area contributed by atoms with Gasteiger partial charge in [-0.3, -0.25) is 19.9 Å². The number of nitrogens with zero attached hydrogens (tertiary/aromatic N) is 2. The number of rotatable bonds is 7. The molecule has 180 valence electrons. The van der Waals surface area contributed by atoms with Gasteiger partial charge in [-0.1, -0.05) is 36.4 Å². The second kappa shape index (κ2) is 9.92. The number of ether oxygens (including phenoxy) is 1. The summed E-state index contributed by atoms with van der Waals surface area (Å²) in [6.45, 7) is 5.22. The summed E-state index contributed by atoms with van der Waals surface area (Å²) in [7, 11) is 0. The Labute approximate surface area is 202 Å². The molecule has 0 saturated carbocycles. The zero-order valence-electron chi connectivity index (χ0n) is 19.6. The number of benzene rings is 2. The molecule has 0 spiro atoms. The summed E-state index contributed by atoms with van der Waals surface area (Å²) in [6, 6.07) is 12.7. The van der Waals surface area contributed by atoms with Gasteiger partial charge in [-0.05, 0) is 44.0 Å². The number of esters is 1. The van der Waals surface area contributed by atoms with Gasteiger partial charge in [0.25, 0.3) is 5.91 Å². The first kappa shape index (κ1) is 23.9. The first-order valence-electron chi connectivity index (χ1n) is 11.3. The molecule has 4 amide bonds. The lowest BCUT2D eigenvalue weighted by atomic mass is 10.0. The Morgan fingerprint density at radius 1 is 1.11 bits per heavy atom. The van der Waals surface area contributed by atoms with Crippen molar-refractivity contribution in [3.05, 3.63) is 65.9 Å². The molecule has 3 aromatic rings. The number of carbonyl (C=O) groups is 4. The van der Waals surface area contributed by atoms with Crippen LogP contribution in [0.2, 0.25) is 0 Å². The van der Waals surface area contributed by atoms with E-state index in [9.17, 15) is 19.2 Å². The highest BCUT2D eigenvalue weighted by atomic mass is 16.5. The Morgan fingerprint density at radius 3 is 2.57 bits per heavy atom. The molecular weight excluding hydrogens is 448 g/mol. The number of fused-ring (bicyclic) bond motifs is 1. The van der Waals surface area contributed by atoms with Crippen LogP contribution in [0.3, 0.4) is 0 Å². The third-order valence-corrected chi connectivity index (χ3v) is 5.69. The Morgan fingerprint density at radius 2 is 1.83 bits per heavy atom. The van der Waals surface area contributed by atoms with Crippen molar-refractivity contribution in [1.29, 1.82) is 0 Å². The average Bonchev–Trinajstić information content (AvgIpc) is 3.21. The van der Waals surface area contributed by atoms with Crippen LogP contribution in [-0.2, 0) is 25.5 Å². The first-order chi connectivity index (χ1) is 16.8. The highest BCUT2D eigenvalue weighted by molar-refractivity contribution is 6.32. The van der Waals surface area contributed by atoms with E-state index in [1.54, 1.807) is 51.2 Å². The molecule has 2 N–H and O–H groups in total. The van der Waals surface area contributed by atoms with Gasteiger partial charge < -0.3 is 9.72 Å². The van der Waals surface area contributed by atoms with Crippen molar-refractivity contribution < 1.29 is 23.9 Å². The number of barbiturate groups is 1. The van der Waals surface area contributed by atoms with Crippen LogP contribution in [0.5, 0.6) is 0 Å². The summed E-state index contributed by atoms with van der Waals surface area (Å²) in [5.74, 6) is -3.47. The van der Waals surface area contributed by atoms with Crippen molar-refractivity contribution in [2.45, 2.75) is 39.3 Å². The summed E-state index contributed by atoms with van der Waals surface area (Å²) in [6.07, 6.45) is 2.77. The lowest BCUT2D eigenvalue weighted by Gasteiger charge is -2.29. The fourth-order valence-electron chi connectivity index (χ4n) is 3.97. The molecule has 1 aliphatic heterocycles. The van der Waals surface area contributed by atoms with Gasteiger partial charge in [0.1, 0.15) is 0 Å². The second-order valence-electron chi connectivity index (χ2n) is 8.60. The number of aliphatic imine (C=N–C) groups is 1. The number of para-hydroxylation sites is 2. The minimum Gasteiger partial charge on any atom is -0.461 e. The predicted molar refractivity (Wildman–Crippen MR) is 131 cm³/mol. The number of hydrogen-bond donors (Lipinski definition) is 2. The van der Waals surface area contributed by atoms with Gasteiger partial charge in [-0.15, -0.1) is 0 Å². The van der Waals surface area contributed by atoms with E-state index >= 15 is 0 Å². The van der Waals surface area contributed by atoms with Gasteiger partial charge in [-0.25, -0.2) is 14.5 Å². The van der Waals surface area contributed by atoms with Gasteiger partial charge in [0.15, 0.2) is 12.0 Å². The number of hydrogen-bond acceptors (Lipinski definition) is 6. The van der Waals surface area contributed by atoms with Gasteiger partial charge in [-0.2, -0.15) is 0 Å². The molecule has 0 bridgehead atoms. The fourth-order valence-corrected chi connectivity index (χ4v) is 3.97. The van der Waals surface area contributed by atoms with Crippen LogP contribution in [0.15, 0.2) is 59.7 Å². The van der Waals surface area contributed by atoms with E-state index in [1.807, 2.05) is 24.3 Å². The molecule has 0 aliphatic carbocycles. The minimum absolute atomic E-state index is 0.203. The summed E-state index contributed by atoms with van der Waals surface area (Å²) in [4.78, 5) is 59.4. The number of H-pyrrole nitrogens is 1. The second-order valence-corrected chi connectivity index (χ2v) is 8.60. The van der Waals surface area contributed by atoms with Crippen molar-refractivity contribution >= 4 is 46.6 Å². The van der Waals surface area contributed by atoms with Gasteiger partial charge in [0.05, 0.1) is 11.8 Å². The monoisotopic (exact) mass is 474 g/mol. The van der Waals surface area contributed by atoms with Crippen LogP contribution in [0, 0.1) is 12.8 Å². The lowest BCUT2D eigenvalue weighted by molar-refractivity contribution is -0.149. The van der Waals surface area contributed by atoms with Crippen molar-refractivity contribution in [2.24, 2.45) is 10.9 Å². The van der Waals surface area contributed by atoms with Crippen molar-refractivity contribution in [3.8, 4) is 0 Å². The van der Waals surface area contributed by atoms with Crippen LogP contribution in [0.4, 0.5) is 10.5 Å². The van der Waals surface area contributed by atoms with Crippen LogP contribution >= 0.6 is 0 Å². The van der Waals surface area contributed by atoms with Gasteiger partial charge in [0, 0.05) is 29.7 Å². The molecule has 0 radical (unpaired) electrons. The van der Waals surface area contributed by atoms with Crippen LogP contribution in [0.25, 0.3) is 10.9 Å². The van der Waals surface area contributed by atoms with Crippen LogP contribution in [-0.4, -0.2) is 47.2 Å².